The molecule has 0 fully saturated rings. The molecule has 1 aromatic rings. The fraction of sp³-hybridized carbons (Fsp3) is 0.455. The van der Waals surface area contributed by atoms with Crippen molar-refractivity contribution in [3.63, 3.8) is 0 Å². The first-order valence-electron chi connectivity index (χ1n) is 5.01. The summed E-state index contributed by atoms with van der Waals surface area (Å²) in [6.45, 7) is 1.46. The van der Waals surface area contributed by atoms with Crippen LogP contribution in [0.25, 0.3) is 0 Å². The Balaban J connectivity index is 2.75. The lowest BCUT2D eigenvalue weighted by Crippen LogP contribution is -2.21. The molecule has 0 unspecified atom stereocenters. The fourth-order valence-corrected chi connectivity index (χ4v) is 1.81. The summed E-state index contributed by atoms with van der Waals surface area (Å²) in [7, 11) is 3.54. The van der Waals surface area contributed by atoms with Gasteiger partial charge in [-0.2, -0.15) is 0 Å². The first kappa shape index (κ1) is 13.3. The third-order valence-electron chi connectivity index (χ3n) is 2.32. The summed E-state index contributed by atoms with van der Waals surface area (Å²) >= 11 is 3.10. The zero-order valence-corrected chi connectivity index (χ0v) is 11.1. The number of ether oxygens (including phenoxy) is 1. The van der Waals surface area contributed by atoms with E-state index in [9.17, 15) is 4.39 Å². The van der Waals surface area contributed by atoms with Gasteiger partial charge in [0.1, 0.15) is 5.82 Å². The highest BCUT2D eigenvalue weighted by Crippen LogP contribution is 2.28. The van der Waals surface area contributed by atoms with Gasteiger partial charge in [-0.05, 0) is 28.4 Å². The second kappa shape index (κ2) is 6.06. The Bertz CT molecular complexity index is 360. The molecule has 0 aliphatic carbocycles. The molecule has 0 amide bonds. The van der Waals surface area contributed by atoms with Gasteiger partial charge in [-0.1, -0.05) is 0 Å². The van der Waals surface area contributed by atoms with Crippen LogP contribution in [-0.4, -0.2) is 27.3 Å². The molecule has 0 bridgehead atoms. The molecule has 3 nitrogen and oxygen atoms in total. The number of hydrogen-bond acceptors (Lipinski definition) is 3. The second-order valence-electron chi connectivity index (χ2n) is 3.59. The summed E-state index contributed by atoms with van der Waals surface area (Å²) in [5.41, 5.74) is 7.09. The van der Waals surface area contributed by atoms with Crippen molar-refractivity contribution in [3.8, 4) is 0 Å². The molecule has 1 rings (SSSR count). The Kier molecular flexibility index (Phi) is 5.02. The van der Waals surface area contributed by atoms with Crippen molar-refractivity contribution >= 4 is 27.3 Å². The van der Waals surface area contributed by atoms with E-state index in [-0.39, 0.29) is 5.82 Å². The predicted octanol–water partition coefficient (Wildman–Crippen LogP) is 2.64. The molecule has 0 saturated carbocycles. The summed E-state index contributed by atoms with van der Waals surface area (Å²) < 4.78 is 18.7. The molecular weight excluding hydrogens is 275 g/mol. The van der Waals surface area contributed by atoms with Gasteiger partial charge < -0.3 is 15.4 Å². The van der Waals surface area contributed by atoms with Gasteiger partial charge in [0.15, 0.2) is 0 Å². The van der Waals surface area contributed by atoms with E-state index in [0.29, 0.717) is 22.5 Å². The van der Waals surface area contributed by atoms with E-state index in [0.717, 1.165) is 13.0 Å². The lowest BCUT2D eigenvalue weighted by atomic mass is 10.2. The van der Waals surface area contributed by atoms with Crippen LogP contribution in [0.4, 0.5) is 15.8 Å². The third kappa shape index (κ3) is 3.35. The number of nitrogens with zero attached hydrogens (tertiary/aromatic N) is 1. The molecule has 0 aromatic heterocycles. The van der Waals surface area contributed by atoms with Gasteiger partial charge in [-0.15, -0.1) is 0 Å². The topological polar surface area (TPSA) is 38.5 Å². The Hall–Kier alpha value is -0.810. The number of benzene rings is 1. The lowest BCUT2D eigenvalue weighted by molar-refractivity contribution is 0.196. The smallest absolute Gasteiger partial charge is 0.139 e. The normalized spacial score (nSPS) is 10.5. The Morgan fingerprint density at radius 2 is 2.19 bits per heavy atom. The number of rotatable bonds is 5. The first-order chi connectivity index (χ1) is 7.56. The van der Waals surface area contributed by atoms with Crippen molar-refractivity contribution in [2.45, 2.75) is 6.42 Å². The van der Waals surface area contributed by atoms with E-state index >= 15 is 0 Å². The number of halogens is 2. The first-order valence-corrected chi connectivity index (χ1v) is 5.80. The molecule has 16 heavy (non-hydrogen) atoms. The maximum atomic E-state index is 13.4. The van der Waals surface area contributed by atoms with Gasteiger partial charge in [0.2, 0.25) is 0 Å². The molecule has 2 N–H and O–H groups in total. The highest BCUT2D eigenvalue weighted by Gasteiger charge is 2.09. The van der Waals surface area contributed by atoms with Crippen LogP contribution in [0.15, 0.2) is 16.6 Å². The maximum Gasteiger partial charge on any atom is 0.139 e. The van der Waals surface area contributed by atoms with Crippen LogP contribution in [0.2, 0.25) is 0 Å². The number of hydrogen-bond donors (Lipinski definition) is 1. The monoisotopic (exact) mass is 290 g/mol. The third-order valence-corrected chi connectivity index (χ3v) is 2.93. The summed E-state index contributed by atoms with van der Waals surface area (Å²) in [5.74, 6) is -0.303. The molecule has 0 saturated heterocycles. The van der Waals surface area contributed by atoms with Crippen LogP contribution in [0, 0.1) is 5.82 Å². The quantitative estimate of drug-likeness (QED) is 0.669. The van der Waals surface area contributed by atoms with E-state index in [1.54, 1.807) is 13.2 Å². The van der Waals surface area contributed by atoms with Gasteiger partial charge >= 0.3 is 0 Å². The van der Waals surface area contributed by atoms with Gasteiger partial charge in [0, 0.05) is 33.4 Å². The average Bonchev–Trinajstić information content (AvgIpc) is 2.23. The van der Waals surface area contributed by atoms with Crippen LogP contribution < -0.4 is 10.6 Å². The zero-order valence-electron chi connectivity index (χ0n) is 9.46. The van der Waals surface area contributed by atoms with Gasteiger partial charge in [0.25, 0.3) is 0 Å². The number of anilines is 2. The van der Waals surface area contributed by atoms with Crippen LogP contribution in [0.3, 0.4) is 0 Å². The van der Waals surface area contributed by atoms with Crippen LogP contribution >= 0.6 is 15.9 Å². The molecule has 0 atom stereocenters. The number of nitrogens with two attached hydrogens (primary N) is 1. The Labute approximate surface area is 104 Å². The van der Waals surface area contributed by atoms with E-state index < -0.39 is 0 Å². The lowest BCUT2D eigenvalue weighted by Gasteiger charge is -2.21. The van der Waals surface area contributed by atoms with Crippen LogP contribution in [0.5, 0.6) is 0 Å². The van der Waals surface area contributed by atoms with Crippen molar-refractivity contribution in [2.24, 2.45) is 0 Å². The minimum absolute atomic E-state index is 0.303. The summed E-state index contributed by atoms with van der Waals surface area (Å²) in [6, 6.07) is 3.02. The van der Waals surface area contributed by atoms with E-state index in [4.69, 9.17) is 10.5 Å². The molecule has 0 heterocycles. The number of nitrogen functional groups attached to an aromatic ring is 1. The van der Waals surface area contributed by atoms with Crippen molar-refractivity contribution in [2.75, 3.05) is 37.9 Å². The van der Waals surface area contributed by atoms with Crippen molar-refractivity contribution < 1.29 is 9.13 Å². The standard InChI is InChI=1S/C11H16BrFN2O/c1-15(4-3-5-16-2)11-7-9(13)8(12)6-10(11)14/h6-7H,3-5,14H2,1-2H3. The number of methoxy groups -OCH3 is 1. The predicted molar refractivity (Wildman–Crippen MR) is 68.3 cm³/mol. The highest BCUT2D eigenvalue weighted by molar-refractivity contribution is 9.10. The van der Waals surface area contributed by atoms with Gasteiger partial charge in [-0.3, -0.25) is 0 Å². The minimum Gasteiger partial charge on any atom is -0.397 e. The summed E-state index contributed by atoms with van der Waals surface area (Å²) in [6.07, 6.45) is 0.879. The van der Waals surface area contributed by atoms with Crippen LogP contribution in [-0.2, 0) is 4.74 Å². The SMILES string of the molecule is COCCCN(C)c1cc(F)c(Br)cc1N. The molecule has 0 aliphatic heterocycles. The molecule has 5 heteroatoms. The molecule has 90 valence electrons. The average molecular weight is 291 g/mol. The van der Waals surface area contributed by atoms with Crippen molar-refractivity contribution in [3.05, 3.63) is 22.4 Å². The summed E-state index contributed by atoms with van der Waals surface area (Å²) in [4.78, 5) is 1.92. The van der Waals surface area contributed by atoms with Gasteiger partial charge in [0.05, 0.1) is 15.8 Å². The van der Waals surface area contributed by atoms with Crippen molar-refractivity contribution in [1.29, 1.82) is 0 Å². The maximum absolute atomic E-state index is 13.4. The largest absolute Gasteiger partial charge is 0.397 e. The molecule has 0 radical (unpaired) electrons. The highest BCUT2D eigenvalue weighted by atomic mass is 79.9. The fourth-order valence-electron chi connectivity index (χ4n) is 1.45. The van der Waals surface area contributed by atoms with Crippen molar-refractivity contribution in [1.82, 2.24) is 0 Å². The molecule has 0 aliphatic rings. The molecular formula is C11H16BrFN2O. The Morgan fingerprint density at radius 1 is 1.50 bits per heavy atom. The summed E-state index contributed by atoms with van der Waals surface area (Å²) in [5, 5.41) is 0. The molecule has 1 aromatic carbocycles. The van der Waals surface area contributed by atoms with Crippen LogP contribution in [0.1, 0.15) is 6.42 Å². The van der Waals surface area contributed by atoms with E-state index in [2.05, 4.69) is 15.9 Å². The zero-order chi connectivity index (χ0) is 12.1. The van der Waals surface area contributed by atoms with E-state index in [1.165, 1.54) is 6.07 Å². The molecule has 0 spiro atoms. The second-order valence-corrected chi connectivity index (χ2v) is 4.45. The minimum atomic E-state index is -0.303. The van der Waals surface area contributed by atoms with E-state index in [1.807, 2.05) is 11.9 Å². The van der Waals surface area contributed by atoms with Gasteiger partial charge in [-0.25, -0.2) is 4.39 Å². The Morgan fingerprint density at radius 3 is 2.81 bits per heavy atom.